The first-order chi connectivity index (χ1) is 13.5. The van der Waals surface area contributed by atoms with Crippen LogP contribution in [0.1, 0.15) is 6.92 Å². The highest BCUT2D eigenvalue weighted by molar-refractivity contribution is 5.79. The second-order valence-corrected chi connectivity index (χ2v) is 5.94. The van der Waals surface area contributed by atoms with Gasteiger partial charge in [-0.2, -0.15) is 5.10 Å². The van der Waals surface area contributed by atoms with Crippen LogP contribution < -0.4 is 21.8 Å². The van der Waals surface area contributed by atoms with Crippen molar-refractivity contribution < 1.29 is 4.39 Å². The maximum absolute atomic E-state index is 13.4. The van der Waals surface area contributed by atoms with Gasteiger partial charge < -0.3 is 16.8 Å². The van der Waals surface area contributed by atoms with Crippen molar-refractivity contribution in [3.63, 3.8) is 0 Å². The van der Waals surface area contributed by atoms with Crippen LogP contribution in [0.25, 0.3) is 11.3 Å². The van der Waals surface area contributed by atoms with Crippen LogP contribution in [0.15, 0.2) is 72.6 Å². The zero-order valence-corrected chi connectivity index (χ0v) is 15.3. The van der Waals surface area contributed by atoms with Gasteiger partial charge in [-0.25, -0.2) is 19.4 Å². The van der Waals surface area contributed by atoms with E-state index in [4.69, 9.17) is 11.5 Å². The number of hydrogen-bond donors (Lipinski definition) is 3. The van der Waals surface area contributed by atoms with E-state index in [0.29, 0.717) is 23.0 Å². The molecule has 0 spiro atoms. The van der Waals surface area contributed by atoms with Crippen LogP contribution in [0.2, 0.25) is 0 Å². The van der Waals surface area contributed by atoms with Gasteiger partial charge in [0.15, 0.2) is 0 Å². The molecule has 5 N–H and O–H groups in total. The summed E-state index contributed by atoms with van der Waals surface area (Å²) in [6, 6.07) is 13.7. The van der Waals surface area contributed by atoms with Crippen LogP contribution in [0.3, 0.4) is 0 Å². The largest absolute Gasteiger partial charge is 0.396 e. The Balaban J connectivity index is 1.79. The fraction of sp³-hybridized carbons (Fsp3) is 0.0500. The molecule has 0 saturated heterocycles. The summed E-state index contributed by atoms with van der Waals surface area (Å²) in [5.74, 6) is 0.372. The molecule has 0 unspecified atom stereocenters. The summed E-state index contributed by atoms with van der Waals surface area (Å²) < 4.78 is 13.4. The zero-order chi connectivity index (χ0) is 20.1. The SMILES string of the molecule is C=CN(/N=C(/C)N)c1ccc(Nc2nccc(-c3ccc(F)c(N)c3)n2)cc1. The molecule has 0 aliphatic carbocycles. The molecule has 3 rings (SSSR count). The number of nitrogen functional groups attached to an aromatic ring is 1. The number of hydrazone groups is 1. The fourth-order valence-electron chi connectivity index (χ4n) is 2.48. The smallest absolute Gasteiger partial charge is 0.227 e. The second-order valence-electron chi connectivity index (χ2n) is 5.94. The summed E-state index contributed by atoms with van der Waals surface area (Å²) >= 11 is 0. The van der Waals surface area contributed by atoms with Gasteiger partial charge in [0.1, 0.15) is 11.7 Å². The second kappa shape index (κ2) is 8.17. The van der Waals surface area contributed by atoms with E-state index in [9.17, 15) is 4.39 Å². The molecule has 28 heavy (non-hydrogen) atoms. The van der Waals surface area contributed by atoms with Crippen LogP contribution in [-0.4, -0.2) is 15.8 Å². The minimum atomic E-state index is -0.459. The predicted octanol–water partition coefficient (Wildman–Crippen LogP) is 3.85. The van der Waals surface area contributed by atoms with Crippen molar-refractivity contribution in [3.05, 3.63) is 73.3 Å². The number of benzene rings is 2. The Morgan fingerprint density at radius 1 is 1.21 bits per heavy atom. The minimum Gasteiger partial charge on any atom is -0.396 e. The number of halogens is 1. The van der Waals surface area contributed by atoms with E-state index in [0.717, 1.165) is 11.4 Å². The van der Waals surface area contributed by atoms with Gasteiger partial charge in [-0.15, -0.1) is 0 Å². The molecule has 0 bridgehead atoms. The van der Waals surface area contributed by atoms with Crippen LogP contribution in [-0.2, 0) is 0 Å². The molecule has 0 radical (unpaired) electrons. The van der Waals surface area contributed by atoms with E-state index in [1.165, 1.54) is 6.07 Å². The first kappa shape index (κ1) is 18.8. The molecule has 0 fully saturated rings. The first-order valence-electron chi connectivity index (χ1n) is 8.44. The molecule has 1 heterocycles. The lowest BCUT2D eigenvalue weighted by atomic mass is 10.1. The Kier molecular flexibility index (Phi) is 5.50. The lowest BCUT2D eigenvalue weighted by Crippen LogP contribution is -2.15. The average molecular weight is 377 g/mol. The highest BCUT2D eigenvalue weighted by Crippen LogP contribution is 2.24. The highest BCUT2D eigenvalue weighted by Gasteiger charge is 2.07. The van der Waals surface area contributed by atoms with Crippen molar-refractivity contribution in [2.24, 2.45) is 10.8 Å². The Morgan fingerprint density at radius 3 is 2.61 bits per heavy atom. The number of hydrogen-bond acceptors (Lipinski definition) is 6. The Bertz CT molecular complexity index is 1010. The molecule has 1 aromatic heterocycles. The van der Waals surface area contributed by atoms with Crippen molar-refractivity contribution in [2.75, 3.05) is 16.1 Å². The number of anilines is 4. The number of rotatable bonds is 6. The summed E-state index contributed by atoms with van der Waals surface area (Å²) in [6.45, 7) is 5.43. The molecule has 0 aliphatic rings. The number of nitrogens with two attached hydrogens (primary N) is 2. The molecular formula is C20H20FN7. The van der Waals surface area contributed by atoms with Gasteiger partial charge in [0.25, 0.3) is 0 Å². The third-order valence-electron chi connectivity index (χ3n) is 3.77. The van der Waals surface area contributed by atoms with Gasteiger partial charge in [-0.3, -0.25) is 0 Å². The van der Waals surface area contributed by atoms with Crippen molar-refractivity contribution in [3.8, 4) is 11.3 Å². The standard InChI is InChI=1S/C20H20FN7/c1-3-28(27-13(2)22)16-7-5-15(6-8-16)25-20-24-11-10-19(26-20)14-4-9-17(21)18(23)12-14/h3-12H,1,23H2,2H3,(H2,22,27)(H,24,25,26). The predicted molar refractivity (Wildman–Crippen MR) is 112 cm³/mol. The molecule has 0 aliphatic heterocycles. The van der Waals surface area contributed by atoms with Gasteiger partial charge in [-0.05, 0) is 55.5 Å². The summed E-state index contributed by atoms with van der Waals surface area (Å²) in [7, 11) is 0. The summed E-state index contributed by atoms with van der Waals surface area (Å²) in [6.07, 6.45) is 3.19. The third kappa shape index (κ3) is 4.42. The van der Waals surface area contributed by atoms with Crippen molar-refractivity contribution in [1.82, 2.24) is 9.97 Å². The molecule has 7 nitrogen and oxygen atoms in total. The minimum absolute atomic E-state index is 0.0726. The van der Waals surface area contributed by atoms with Crippen LogP contribution in [0, 0.1) is 5.82 Å². The van der Waals surface area contributed by atoms with Gasteiger partial charge in [0, 0.05) is 23.6 Å². The van der Waals surface area contributed by atoms with Crippen molar-refractivity contribution in [2.45, 2.75) is 6.92 Å². The lowest BCUT2D eigenvalue weighted by molar-refractivity contribution is 0.632. The normalized spacial score (nSPS) is 11.1. The summed E-state index contributed by atoms with van der Waals surface area (Å²) in [5, 5.41) is 8.88. The van der Waals surface area contributed by atoms with Crippen LogP contribution >= 0.6 is 0 Å². The van der Waals surface area contributed by atoms with E-state index >= 15 is 0 Å². The number of nitrogens with one attached hydrogen (secondary N) is 1. The molecule has 0 amide bonds. The first-order valence-corrected chi connectivity index (χ1v) is 8.44. The van der Waals surface area contributed by atoms with E-state index in [-0.39, 0.29) is 5.69 Å². The monoisotopic (exact) mass is 377 g/mol. The van der Waals surface area contributed by atoms with Gasteiger partial charge in [-0.1, -0.05) is 6.58 Å². The fourth-order valence-corrected chi connectivity index (χ4v) is 2.48. The molecule has 0 atom stereocenters. The van der Waals surface area contributed by atoms with Crippen molar-refractivity contribution >= 4 is 28.8 Å². The molecule has 0 saturated carbocycles. The molecule has 3 aromatic rings. The summed E-state index contributed by atoms with van der Waals surface area (Å²) in [5.41, 5.74) is 14.3. The Hall–Kier alpha value is -3.94. The molecular weight excluding hydrogens is 357 g/mol. The zero-order valence-electron chi connectivity index (χ0n) is 15.3. The molecule has 8 heteroatoms. The number of aromatic nitrogens is 2. The van der Waals surface area contributed by atoms with E-state index in [1.54, 1.807) is 42.5 Å². The van der Waals surface area contributed by atoms with Crippen molar-refractivity contribution in [1.29, 1.82) is 0 Å². The Labute approximate surface area is 162 Å². The number of nitrogens with zero attached hydrogens (tertiary/aromatic N) is 4. The van der Waals surface area contributed by atoms with E-state index < -0.39 is 5.82 Å². The summed E-state index contributed by atoms with van der Waals surface area (Å²) in [4.78, 5) is 8.68. The highest BCUT2D eigenvalue weighted by atomic mass is 19.1. The van der Waals surface area contributed by atoms with Gasteiger partial charge in [0.05, 0.1) is 17.1 Å². The maximum Gasteiger partial charge on any atom is 0.227 e. The topological polar surface area (TPSA) is 105 Å². The van der Waals surface area contributed by atoms with Crippen LogP contribution in [0.5, 0.6) is 0 Å². The van der Waals surface area contributed by atoms with E-state index in [1.807, 2.05) is 24.3 Å². The molecule has 142 valence electrons. The number of amidine groups is 1. The maximum atomic E-state index is 13.4. The Morgan fingerprint density at radius 2 is 1.96 bits per heavy atom. The van der Waals surface area contributed by atoms with Gasteiger partial charge in [0.2, 0.25) is 5.95 Å². The molecule has 2 aromatic carbocycles. The van der Waals surface area contributed by atoms with E-state index in [2.05, 4.69) is 27.0 Å². The van der Waals surface area contributed by atoms with Crippen LogP contribution in [0.4, 0.5) is 27.4 Å². The third-order valence-corrected chi connectivity index (χ3v) is 3.77. The average Bonchev–Trinajstić information content (AvgIpc) is 2.69. The quantitative estimate of drug-likeness (QED) is 0.261. The van der Waals surface area contributed by atoms with Gasteiger partial charge >= 0.3 is 0 Å². The lowest BCUT2D eigenvalue weighted by Gasteiger charge is -2.15.